The van der Waals surface area contributed by atoms with Crippen molar-refractivity contribution in [3.8, 4) is 5.75 Å². The largest absolute Gasteiger partial charge is 0.493 e. The summed E-state index contributed by atoms with van der Waals surface area (Å²) in [6, 6.07) is 17.6. The van der Waals surface area contributed by atoms with Gasteiger partial charge in [0.05, 0.1) is 24.4 Å². The molecule has 1 aliphatic rings. The molecule has 4 nitrogen and oxygen atoms in total. The lowest BCUT2D eigenvalue weighted by Crippen LogP contribution is -2.21. The van der Waals surface area contributed by atoms with Gasteiger partial charge in [0.1, 0.15) is 5.75 Å². The van der Waals surface area contributed by atoms with E-state index in [-0.39, 0.29) is 5.91 Å². The van der Waals surface area contributed by atoms with Gasteiger partial charge in [-0.3, -0.25) is 4.79 Å². The summed E-state index contributed by atoms with van der Waals surface area (Å²) in [4.78, 5) is 14.5. The molecule has 0 saturated carbocycles. The van der Waals surface area contributed by atoms with Crippen molar-refractivity contribution in [2.24, 2.45) is 0 Å². The molecule has 1 N–H and O–H groups in total. The normalized spacial score (nSPS) is 13.8. The highest BCUT2D eigenvalue weighted by molar-refractivity contribution is 5.94. The molecule has 0 unspecified atom stereocenters. The lowest BCUT2D eigenvalue weighted by molar-refractivity contribution is -0.116. The van der Waals surface area contributed by atoms with Gasteiger partial charge in [0.25, 0.3) is 0 Å². The van der Waals surface area contributed by atoms with Crippen molar-refractivity contribution < 1.29 is 9.53 Å². The molecule has 0 aromatic heterocycles. The number of benzene rings is 2. The molecule has 1 aliphatic heterocycles. The molecule has 4 heteroatoms. The van der Waals surface area contributed by atoms with Gasteiger partial charge in [-0.2, -0.15) is 0 Å². The van der Waals surface area contributed by atoms with E-state index in [9.17, 15) is 4.79 Å². The van der Waals surface area contributed by atoms with Gasteiger partial charge in [-0.25, -0.2) is 0 Å². The van der Waals surface area contributed by atoms with Crippen molar-refractivity contribution in [3.63, 3.8) is 0 Å². The van der Waals surface area contributed by atoms with Gasteiger partial charge in [0.15, 0.2) is 0 Å². The number of hydrogen-bond acceptors (Lipinski definition) is 3. The van der Waals surface area contributed by atoms with Crippen molar-refractivity contribution >= 4 is 17.3 Å². The van der Waals surface area contributed by atoms with Gasteiger partial charge in [-0.15, -0.1) is 0 Å². The zero-order chi connectivity index (χ0) is 15.9. The quantitative estimate of drug-likeness (QED) is 0.884. The first kappa shape index (κ1) is 15.4. The number of nitrogens with one attached hydrogen (secondary N) is 1. The van der Waals surface area contributed by atoms with E-state index in [2.05, 4.69) is 16.3 Å². The minimum absolute atomic E-state index is 0.0208. The minimum Gasteiger partial charge on any atom is -0.493 e. The van der Waals surface area contributed by atoms with Crippen LogP contribution in [0.25, 0.3) is 0 Å². The molecule has 1 saturated heterocycles. The fourth-order valence-electron chi connectivity index (χ4n) is 2.80. The number of nitrogens with zero attached hydrogens (tertiary/aromatic N) is 1. The van der Waals surface area contributed by atoms with Gasteiger partial charge >= 0.3 is 0 Å². The van der Waals surface area contributed by atoms with Crippen molar-refractivity contribution in [1.29, 1.82) is 0 Å². The Morgan fingerprint density at radius 1 is 1.00 bits per heavy atom. The highest BCUT2D eigenvalue weighted by Gasteiger charge is 2.16. The van der Waals surface area contributed by atoms with Gasteiger partial charge in [0.2, 0.25) is 5.91 Å². The summed E-state index contributed by atoms with van der Waals surface area (Å²) in [6.07, 6.45) is 2.77. The zero-order valence-corrected chi connectivity index (χ0v) is 13.2. The minimum atomic E-state index is -0.0208. The number of hydrogen-bond donors (Lipinski definition) is 1. The smallest absolute Gasteiger partial charge is 0.227 e. The number of carbonyl (C=O) groups excluding carboxylic acids is 1. The van der Waals surface area contributed by atoms with Gasteiger partial charge in [0, 0.05) is 13.1 Å². The molecule has 120 valence electrons. The molecule has 1 amide bonds. The van der Waals surface area contributed by atoms with Crippen LogP contribution in [0.5, 0.6) is 5.75 Å². The number of carbonyl (C=O) groups is 1. The van der Waals surface area contributed by atoms with Crippen LogP contribution in [-0.2, 0) is 4.79 Å². The first-order chi connectivity index (χ1) is 11.3. The molecular formula is C19H22N2O2. The van der Waals surface area contributed by atoms with Gasteiger partial charge in [-0.05, 0) is 37.1 Å². The van der Waals surface area contributed by atoms with Crippen LogP contribution in [0, 0.1) is 0 Å². The summed E-state index contributed by atoms with van der Waals surface area (Å²) < 4.78 is 5.57. The van der Waals surface area contributed by atoms with E-state index in [1.54, 1.807) is 0 Å². The van der Waals surface area contributed by atoms with Crippen molar-refractivity contribution in [3.05, 3.63) is 54.6 Å². The van der Waals surface area contributed by atoms with Crippen molar-refractivity contribution in [2.45, 2.75) is 19.3 Å². The third-order valence-corrected chi connectivity index (χ3v) is 3.97. The van der Waals surface area contributed by atoms with Crippen molar-refractivity contribution in [2.75, 3.05) is 29.9 Å². The third-order valence-electron chi connectivity index (χ3n) is 3.97. The molecule has 3 rings (SSSR count). The van der Waals surface area contributed by atoms with Gasteiger partial charge < -0.3 is 15.0 Å². The van der Waals surface area contributed by atoms with Crippen molar-refractivity contribution in [1.82, 2.24) is 0 Å². The summed E-state index contributed by atoms with van der Waals surface area (Å²) in [6.45, 7) is 2.50. The number of anilines is 2. The molecule has 0 aliphatic carbocycles. The Morgan fingerprint density at radius 3 is 2.48 bits per heavy atom. The lowest BCUT2D eigenvalue weighted by atomic mass is 10.2. The van der Waals surface area contributed by atoms with Crippen LogP contribution in [0.2, 0.25) is 0 Å². The van der Waals surface area contributed by atoms with Crippen LogP contribution in [0.15, 0.2) is 54.6 Å². The standard InChI is InChI=1S/C19H22N2O2/c22-19(12-15-23-16-8-2-1-3-9-16)20-17-10-4-5-11-18(17)21-13-6-7-14-21/h1-5,8-11H,6-7,12-15H2,(H,20,22). The third kappa shape index (κ3) is 4.25. The van der Waals surface area contributed by atoms with Crippen LogP contribution in [0.4, 0.5) is 11.4 Å². The Hall–Kier alpha value is -2.49. The molecule has 0 spiro atoms. The fraction of sp³-hybridized carbons (Fsp3) is 0.316. The van der Waals surface area contributed by atoms with E-state index in [1.165, 1.54) is 12.8 Å². The molecule has 0 radical (unpaired) electrons. The zero-order valence-electron chi connectivity index (χ0n) is 13.2. The first-order valence-electron chi connectivity index (χ1n) is 8.14. The second kappa shape index (κ2) is 7.68. The average Bonchev–Trinajstić information content (AvgIpc) is 3.11. The monoisotopic (exact) mass is 310 g/mol. The molecule has 23 heavy (non-hydrogen) atoms. The first-order valence-corrected chi connectivity index (χ1v) is 8.14. The molecule has 1 heterocycles. The van der Waals surface area contributed by atoms with Crippen LogP contribution >= 0.6 is 0 Å². The Morgan fingerprint density at radius 2 is 1.70 bits per heavy atom. The van der Waals surface area contributed by atoms with Crippen LogP contribution in [0.3, 0.4) is 0 Å². The molecule has 2 aromatic rings. The number of ether oxygens (including phenoxy) is 1. The van der Waals surface area contributed by atoms with E-state index in [1.807, 2.05) is 48.5 Å². The Labute approximate surface area is 137 Å². The van der Waals surface area contributed by atoms with Crippen LogP contribution < -0.4 is 15.0 Å². The maximum absolute atomic E-state index is 12.2. The van der Waals surface area contributed by atoms with Gasteiger partial charge in [-0.1, -0.05) is 30.3 Å². The number of amides is 1. The second-order valence-corrected chi connectivity index (χ2v) is 5.67. The summed E-state index contributed by atoms with van der Waals surface area (Å²) >= 11 is 0. The summed E-state index contributed by atoms with van der Waals surface area (Å²) in [7, 11) is 0. The van der Waals surface area contributed by atoms with Crippen LogP contribution in [0.1, 0.15) is 19.3 Å². The van der Waals surface area contributed by atoms with E-state index >= 15 is 0 Å². The average molecular weight is 310 g/mol. The SMILES string of the molecule is O=C(CCOc1ccccc1)Nc1ccccc1N1CCCC1. The van der Waals surface area contributed by atoms with Crippen LogP contribution in [-0.4, -0.2) is 25.6 Å². The molecule has 0 atom stereocenters. The number of rotatable bonds is 6. The summed E-state index contributed by atoms with van der Waals surface area (Å²) in [5.74, 6) is 0.769. The van der Waals surface area contributed by atoms with E-state index < -0.39 is 0 Å². The Balaban J connectivity index is 1.53. The topological polar surface area (TPSA) is 41.6 Å². The fourth-order valence-corrected chi connectivity index (χ4v) is 2.80. The second-order valence-electron chi connectivity index (χ2n) is 5.67. The van der Waals surface area contributed by atoms with E-state index in [0.717, 1.165) is 30.2 Å². The Kier molecular flexibility index (Phi) is 5.14. The highest BCUT2D eigenvalue weighted by Crippen LogP contribution is 2.28. The maximum atomic E-state index is 12.2. The highest BCUT2D eigenvalue weighted by atomic mass is 16.5. The summed E-state index contributed by atoms with van der Waals surface area (Å²) in [5, 5.41) is 3.01. The van der Waals surface area contributed by atoms with E-state index in [0.29, 0.717) is 13.0 Å². The molecule has 1 fully saturated rings. The maximum Gasteiger partial charge on any atom is 0.227 e. The van der Waals surface area contributed by atoms with E-state index in [4.69, 9.17) is 4.74 Å². The molecule has 0 bridgehead atoms. The Bertz CT molecular complexity index is 637. The lowest BCUT2D eigenvalue weighted by Gasteiger charge is -2.21. The summed E-state index contributed by atoms with van der Waals surface area (Å²) in [5.41, 5.74) is 2.00. The number of para-hydroxylation sites is 3. The predicted octanol–water partition coefficient (Wildman–Crippen LogP) is 3.69. The predicted molar refractivity (Wildman–Crippen MR) is 93.1 cm³/mol. The molecule has 2 aromatic carbocycles. The molecular weight excluding hydrogens is 288 g/mol.